The normalized spacial score (nSPS) is 15.3. The molecular weight excluding hydrogens is 283 g/mol. The molecule has 0 spiro atoms. The quantitative estimate of drug-likeness (QED) is 0.624. The van der Waals surface area contributed by atoms with E-state index < -0.39 is 5.82 Å². The zero-order chi connectivity index (χ0) is 14.5. The average molecular weight is 300 g/mol. The standard InChI is InChI=1S/C12H17FN4O2S/c1-3-19-12(18)17-6-4-16(5-7-17)11-14-8-9(13)10(15-11)20-2/h8H,3-7H2,1-2H3. The first kappa shape index (κ1) is 14.8. The van der Waals surface area contributed by atoms with E-state index >= 15 is 0 Å². The molecule has 1 amide bonds. The molecule has 1 fully saturated rings. The van der Waals surface area contributed by atoms with Crippen molar-refractivity contribution in [3.8, 4) is 0 Å². The first-order valence-corrected chi connectivity index (χ1v) is 7.61. The highest BCUT2D eigenvalue weighted by Crippen LogP contribution is 2.19. The fourth-order valence-electron chi connectivity index (χ4n) is 1.94. The fourth-order valence-corrected chi connectivity index (χ4v) is 2.36. The molecule has 0 N–H and O–H groups in total. The molecule has 0 aromatic carbocycles. The highest BCUT2D eigenvalue weighted by atomic mass is 32.2. The largest absolute Gasteiger partial charge is 0.450 e. The van der Waals surface area contributed by atoms with Crippen LogP contribution in [0.15, 0.2) is 11.2 Å². The lowest BCUT2D eigenvalue weighted by atomic mass is 10.3. The lowest BCUT2D eigenvalue weighted by Gasteiger charge is -2.34. The summed E-state index contributed by atoms with van der Waals surface area (Å²) in [4.78, 5) is 23.4. The Hall–Kier alpha value is -1.57. The number of aromatic nitrogens is 2. The molecule has 0 atom stereocenters. The number of carbonyl (C=O) groups is 1. The molecule has 1 aliphatic heterocycles. The van der Waals surface area contributed by atoms with Gasteiger partial charge in [0.05, 0.1) is 12.8 Å². The molecule has 110 valence electrons. The molecule has 6 nitrogen and oxygen atoms in total. The lowest BCUT2D eigenvalue weighted by Crippen LogP contribution is -2.49. The van der Waals surface area contributed by atoms with Crippen molar-refractivity contribution in [1.29, 1.82) is 0 Å². The van der Waals surface area contributed by atoms with Crippen molar-refractivity contribution < 1.29 is 13.9 Å². The van der Waals surface area contributed by atoms with Crippen LogP contribution in [0.25, 0.3) is 0 Å². The molecule has 2 heterocycles. The second-order valence-corrected chi connectivity index (χ2v) is 5.00. The molecule has 0 unspecified atom stereocenters. The van der Waals surface area contributed by atoms with Gasteiger partial charge in [-0.15, -0.1) is 11.8 Å². The Morgan fingerprint density at radius 1 is 1.45 bits per heavy atom. The second-order valence-electron chi connectivity index (χ2n) is 4.20. The van der Waals surface area contributed by atoms with E-state index in [9.17, 15) is 9.18 Å². The van der Waals surface area contributed by atoms with Crippen molar-refractivity contribution in [3.63, 3.8) is 0 Å². The summed E-state index contributed by atoms with van der Waals surface area (Å²) in [6.45, 7) is 4.47. The molecule has 1 aliphatic rings. The van der Waals surface area contributed by atoms with Crippen molar-refractivity contribution in [3.05, 3.63) is 12.0 Å². The van der Waals surface area contributed by atoms with Crippen LogP contribution in [0.4, 0.5) is 15.1 Å². The summed E-state index contributed by atoms with van der Waals surface area (Å²) < 4.78 is 18.3. The van der Waals surface area contributed by atoms with Gasteiger partial charge in [-0.05, 0) is 13.2 Å². The number of hydrogen-bond acceptors (Lipinski definition) is 6. The van der Waals surface area contributed by atoms with E-state index in [1.807, 2.05) is 4.90 Å². The van der Waals surface area contributed by atoms with Gasteiger partial charge in [0.1, 0.15) is 5.03 Å². The van der Waals surface area contributed by atoms with Crippen molar-refractivity contribution in [1.82, 2.24) is 14.9 Å². The minimum absolute atomic E-state index is 0.294. The highest BCUT2D eigenvalue weighted by molar-refractivity contribution is 7.98. The number of anilines is 1. The van der Waals surface area contributed by atoms with E-state index in [4.69, 9.17) is 4.74 Å². The summed E-state index contributed by atoms with van der Waals surface area (Å²) in [5.74, 6) is 0.0886. The Morgan fingerprint density at radius 3 is 2.75 bits per heavy atom. The van der Waals surface area contributed by atoms with Crippen LogP contribution in [0.2, 0.25) is 0 Å². The Balaban J connectivity index is 1.98. The fraction of sp³-hybridized carbons (Fsp3) is 0.583. The zero-order valence-corrected chi connectivity index (χ0v) is 12.3. The van der Waals surface area contributed by atoms with E-state index in [0.29, 0.717) is 43.8 Å². The van der Waals surface area contributed by atoms with E-state index in [0.717, 1.165) is 0 Å². The summed E-state index contributed by atoms with van der Waals surface area (Å²) >= 11 is 1.25. The first-order valence-electron chi connectivity index (χ1n) is 6.39. The van der Waals surface area contributed by atoms with Gasteiger partial charge in [-0.3, -0.25) is 0 Å². The number of piperazine rings is 1. The number of carbonyl (C=O) groups excluding carboxylic acids is 1. The molecule has 20 heavy (non-hydrogen) atoms. The minimum atomic E-state index is -0.411. The van der Waals surface area contributed by atoms with Crippen LogP contribution in [0.3, 0.4) is 0 Å². The molecular formula is C12H17FN4O2S. The predicted octanol–water partition coefficient (Wildman–Crippen LogP) is 1.62. The van der Waals surface area contributed by atoms with Gasteiger partial charge in [-0.25, -0.2) is 19.2 Å². The van der Waals surface area contributed by atoms with Crippen LogP contribution >= 0.6 is 11.8 Å². The maximum absolute atomic E-state index is 13.4. The van der Waals surface area contributed by atoms with Gasteiger partial charge in [-0.1, -0.05) is 0 Å². The van der Waals surface area contributed by atoms with Crippen LogP contribution < -0.4 is 4.90 Å². The van der Waals surface area contributed by atoms with Gasteiger partial charge >= 0.3 is 6.09 Å². The van der Waals surface area contributed by atoms with Crippen LogP contribution in [-0.2, 0) is 4.74 Å². The Labute approximate surface area is 121 Å². The second kappa shape index (κ2) is 6.74. The van der Waals surface area contributed by atoms with E-state index in [1.54, 1.807) is 18.1 Å². The first-order chi connectivity index (χ1) is 9.65. The number of nitrogens with zero attached hydrogens (tertiary/aromatic N) is 4. The van der Waals surface area contributed by atoms with Gasteiger partial charge < -0.3 is 14.5 Å². The van der Waals surface area contributed by atoms with Crippen LogP contribution in [0.1, 0.15) is 6.92 Å². The van der Waals surface area contributed by atoms with Gasteiger partial charge in [0, 0.05) is 26.2 Å². The molecule has 0 radical (unpaired) electrons. The van der Waals surface area contributed by atoms with Crippen molar-refractivity contribution in [2.75, 3.05) is 43.9 Å². The molecule has 1 aromatic rings. The molecule has 1 saturated heterocycles. The molecule has 0 aliphatic carbocycles. The zero-order valence-electron chi connectivity index (χ0n) is 11.5. The van der Waals surface area contributed by atoms with E-state index in [2.05, 4.69) is 9.97 Å². The molecule has 1 aromatic heterocycles. The minimum Gasteiger partial charge on any atom is -0.450 e. The molecule has 8 heteroatoms. The number of amides is 1. The summed E-state index contributed by atoms with van der Waals surface area (Å²) in [6, 6.07) is 0. The third kappa shape index (κ3) is 3.30. The average Bonchev–Trinajstić information content (AvgIpc) is 2.48. The van der Waals surface area contributed by atoms with Gasteiger partial charge in [0.15, 0.2) is 5.82 Å². The Kier molecular flexibility index (Phi) is 4.99. The van der Waals surface area contributed by atoms with Crippen molar-refractivity contribution >= 4 is 23.8 Å². The monoisotopic (exact) mass is 300 g/mol. The summed E-state index contributed by atoms with van der Waals surface area (Å²) in [7, 11) is 0. The van der Waals surface area contributed by atoms with Gasteiger partial charge in [-0.2, -0.15) is 0 Å². The van der Waals surface area contributed by atoms with E-state index in [-0.39, 0.29) is 6.09 Å². The number of halogens is 1. The third-order valence-corrected chi connectivity index (χ3v) is 3.65. The maximum atomic E-state index is 13.4. The molecule has 0 bridgehead atoms. The lowest BCUT2D eigenvalue weighted by molar-refractivity contribution is 0.105. The number of thioether (sulfide) groups is 1. The number of hydrogen-bond donors (Lipinski definition) is 0. The van der Waals surface area contributed by atoms with Gasteiger partial charge in [0.2, 0.25) is 5.95 Å². The SMILES string of the molecule is CCOC(=O)N1CCN(c2ncc(F)c(SC)n2)CC1. The summed E-state index contributed by atoms with van der Waals surface area (Å²) in [5.41, 5.74) is 0. The van der Waals surface area contributed by atoms with Crippen LogP contribution in [-0.4, -0.2) is 60.0 Å². The van der Waals surface area contributed by atoms with Crippen LogP contribution in [0.5, 0.6) is 0 Å². The van der Waals surface area contributed by atoms with Crippen molar-refractivity contribution in [2.24, 2.45) is 0 Å². The maximum Gasteiger partial charge on any atom is 0.409 e. The highest BCUT2D eigenvalue weighted by Gasteiger charge is 2.23. The summed E-state index contributed by atoms with van der Waals surface area (Å²) in [6.07, 6.45) is 2.66. The Bertz CT molecular complexity index is 481. The number of rotatable bonds is 3. The number of ether oxygens (including phenoxy) is 1. The summed E-state index contributed by atoms with van der Waals surface area (Å²) in [5, 5.41) is 0.336. The van der Waals surface area contributed by atoms with E-state index in [1.165, 1.54) is 18.0 Å². The predicted molar refractivity (Wildman–Crippen MR) is 74.6 cm³/mol. The third-order valence-electron chi connectivity index (χ3n) is 2.98. The van der Waals surface area contributed by atoms with Gasteiger partial charge in [0.25, 0.3) is 0 Å². The Morgan fingerprint density at radius 2 is 2.15 bits per heavy atom. The van der Waals surface area contributed by atoms with Crippen molar-refractivity contribution in [2.45, 2.75) is 11.9 Å². The molecule has 2 rings (SSSR count). The van der Waals surface area contributed by atoms with Crippen LogP contribution in [0, 0.1) is 5.82 Å². The topological polar surface area (TPSA) is 58.6 Å². The molecule has 0 saturated carbocycles. The smallest absolute Gasteiger partial charge is 0.409 e.